The molecule has 0 radical (unpaired) electrons. The second kappa shape index (κ2) is 11.0. The molecule has 0 heterocycles. The highest BCUT2D eigenvalue weighted by Gasteiger charge is 2.19. The van der Waals surface area contributed by atoms with Crippen LogP contribution in [0.15, 0.2) is 48.5 Å². The molecule has 154 valence electrons. The standard InChI is InChI=1S/C23H28N2O4/c1-16-6-8-18(9-7-16)10-11-21(26)25-15-22(27)24-14-20(23(28)29)13-19-5-3-4-17(2)12-19/h3-9,12,20H,10-11,13-15H2,1-2H3,(H,24,27)(H,25,26)(H,28,29). The van der Waals surface area contributed by atoms with Gasteiger partial charge in [0, 0.05) is 13.0 Å². The fourth-order valence-electron chi connectivity index (χ4n) is 2.95. The van der Waals surface area contributed by atoms with E-state index >= 15 is 0 Å². The van der Waals surface area contributed by atoms with Gasteiger partial charge in [-0.1, -0.05) is 59.7 Å². The van der Waals surface area contributed by atoms with E-state index in [4.69, 9.17) is 0 Å². The second-order valence-electron chi connectivity index (χ2n) is 7.29. The number of rotatable bonds is 10. The van der Waals surface area contributed by atoms with Crippen LogP contribution in [0.2, 0.25) is 0 Å². The summed E-state index contributed by atoms with van der Waals surface area (Å²) in [4.78, 5) is 35.4. The van der Waals surface area contributed by atoms with Crippen molar-refractivity contribution in [3.05, 3.63) is 70.8 Å². The first-order valence-electron chi connectivity index (χ1n) is 9.71. The number of carbonyl (C=O) groups is 3. The van der Waals surface area contributed by atoms with E-state index in [9.17, 15) is 19.5 Å². The minimum Gasteiger partial charge on any atom is -0.481 e. The zero-order valence-corrected chi connectivity index (χ0v) is 16.9. The number of carboxylic acids is 1. The Hall–Kier alpha value is -3.15. The SMILES string of the molecule is Cc1ccc(CCC(=O)NCC(=O)NCC(Cc2cccc(C)c2)C(=O)O)cc1. The van der Waals surface area contributed by atoms with Crippen LogP contribution in [-0.2, 0) is 27.2 Å². The van der Waals surface area contributed by atoms with Crippen LogP contribution in [0.1, 0.15) is 28.7 Å². The van der Waals surface area contributed by atoms with Gasteiger partial charge < -0.3 is 15.7 Å². The van der Waals surface area contributed by atoms with Crippen molar-refractivity contribution >= 4 is 17.8 Å². The fourth-order valence-corrected chi connectivity index (χ4v) is 2.95. The number of aliphatic carboxylic acids is 1. The Morgan fingerprint density at radius 1 is 0.897 bits per heavy atom. The monoisotopic (exact) mass is 396 g/mol. The molecule has 0 aromatic heterocycles. The molecule has 0 aliphatic rings. The molecule has 0 saturated carbocycles. The second-order valence-corrected chi connectivity index (χ2v) is 7.29. The summed E-state index contributed by atoms with van der Waals surface area (Å²) >= 11 is 0. The number of benzene rings is 2. The van der Waals surface area contributed by atoms with E-state index in [1.165, 1.54) is 0 Å². The minimum atomic E-state index is -0.964. The Bertz CT molecular complexity index is 846. The Morgan fingerprint density at radius 2 is 1.62 bits per heavy atom. The highest BCUT2D eigenvalue weighted by molar-refractivity contribution is 5.85. The first-order valence-corrected chi connectivity index (χ1v) is 9.71. The lowest BCUT2D eigenvalue weighted by Crippen LogP contribution is -2.40. The summed E-state index contributed by atoms with van der Waals surface area (Å²) in [6, 6.07) is 15.6. The van der Waals surface area contributed by atoms with Gasteiger partial charge in [0.2, 0.25) is 11.8 Å². The molecule has 1 unspecified atom stereocenters. The van der Waals surface area contributed by atoms with Gasteiger partial charge in [0.25, 0.3) is 0 Å². The summed E-state index contributed by atoms with van der Waals surface area (Å²) in [6.07, 6.45) is 1.23. The van der Waals surface area contributed by atoms with E-state index in [0.29, 0.717) is 19.3 Å². The van der Waals surface area contributed by atoms with Crippen molar-refractivity contribution < 1.29 is 19.5 Å². The van der Waals surface area contributed by atoms with E-state index < -0.39 is 17.8 Å². The van der Waals surface area contributed by atoms with Crippen molar-refractivity contribution in [2.24, 2.45) is 5.92 Å². The average molecular weight is 396 g/mol. The molecular formula is C23H28N2O4. The van der Waals surface area contributed by atoms with E-state index in [0.717, 1.165) is 22.3 Å². The normalized spacial score (nSPS) is 11.5. The maximum absolute atomic E-state index is 12.0. The van der Waals surface area contributed by atoms with Crippen LogP contribution in [0, 0.1) is 19.8 Å². The maximum Gasteiger partial charge on any atom is 0.308 e. The van der Waals surface area contributed by atoms with Crippen molar-refractivity contribution in [3.8, 4) is 0 Å². The summed E-state index contributed by atoms with van der Waals surface area (Å²) in [5.41, 5.74) is 4.20. The largest absolute Gasteiger partial charge is 0.481 e. The van der Waals surface area contributed by atoms with Crippen LogP contribution in [0.5, 0.6) is 0 Å². The molecule has 0 spiro atoms. The molecule has 6 heteroatoms. The zero-order valence-electron chi connectivity index (χ0n) is 16.9. The Balaban J connectivity index is 1.72. The van der Waals surface area contributed by atoms with Gasteiger partial charge in [-0.15, -0.1) is 0 Å². The zero-order chi connectivity index (χ0) is 21.2. The van der Waals surface area contributed by atoms with Gasteiger partial charge in [-0.3, -0.25) is 14.4 Å². The van der Waals surface area contributed by atoms with Crippen molar-refractivity contribution in [2.45, 2.75) is 33.1 Å². The van der Waals surface area contributed by atoms with Gasteiger partial charge in [-0.2, -0.15) is 0 Å². The van der Waals surface area contributed by atoms with Gasteiger partial charge in [0.1, 0.15) is 0 Å². The molecule has 2 rings (SSSR count). The topological polar surface area (TPSA) is 95.5 Å². The molecule has 3 N–H and O–H groups in total. The van der Waals surface area contributed by atoms with Gasteiger partial charge in [0.15, 0.2) is 0 Å². The summed E-state index contributed by atoms with van der Waals surface area (Å²) in [5, 5.41) is 14.6. The van der Waals surface area contributed by atoms with Gasteiger partial charge in [-0.05, 0) is 37.8 Å². The number of aryl methyl sites for hydroxylation is 3. The third-order valence-corrected chi connectivity index (χ3v) is 4.67. The van der Waals surface area contributed by atoms with Crippen LogP contribution in [0.4, 0.5) is 0 Å². The summed E-state index contributed by atoms with van der Waals surface area (Å²) in [6.45, 7) is 3.80. The van der Waals surface area contributed by atoms with E-state index in [2.05, 4.69) is 10.6 Å². The van der Waals surface area contributed by atoms with Crippen molar-refractivity contribution in [3.63, 3.8) is 0 Å². The van der Waals surface area contributed by atoms with Crippen LogP contribution in [0.25, 0.3) is 0 Å². The summed E-state index contributed by atoms with van der Waals surface area (Å²) < 4.78 is 0. The summed E-state index contributed by atoms with van der Waals surface area (Å²) in [5.74, 6) is -2.30. The van der Waals surface area contributed by atoms with E-state index in [1.54, 1.807) is 0 Å². The first kappa shape index (κ1) is 22.1. The molecule has 0 bridgehead atoms. The number of hydrogen-bond acceptors (Lipinski definition) is 3. The molecule has 0 saturated heterocycles. The Labute approximate surface area is 171 Å². The van der Waals surface area contributed by atoms with E-state index in [1.807, 2.05) is 62.4 Å². The predicted octanol–water partition coefficient (Wildman–Crippen LogP) is 2.41. The van der Waals surface area contributed by atoms with Crippen LogP contribution in [0.3, 0.4) is 0 Å². The van der Waals surface area contributed by atoms with Gasteiger partial charge in [-0.25, -0.2) is 0 Å². The van der Waals surface area contributed by atoms with Crippen molar-refractivity contribution in [1.29, 1.82) is 0 Å². The van der Waals surface area contributed by atoms with Gasteiger partial charge in [0.05, 0.1) is 12.5 Å². The highest BCUT2D eigenvalue weighted by atomic mass is 16.4. The van der Waals surface area contributed by atoms with Crippen LogP contribution < -0.4 is 10.6 Å². The van der Waals surface area contributed by atoms with Crippen LogP contribution >= 0.6 is 0 Å². The lowest BCUT2D eigenvalue weighted by atomic mass is 9.98. The Kier molecular flexibility index (Phi) is 8.40. The molecular weight excluding hydrogens is 368 g/mol. The van der Waals surface area contributed by atoms with Gasteiger partial charge >= 0.3 is 5.97 Å². The van der Waals surface area contributed by atoms with Crippen LogP contribution in [-0.4, -0.2) is 36.0 Å². The summed E-state index contributed by atoms with van der Waals surface area (Å²) in [7, 11) is 0. The van der Waals surface area contributed by atoms with Crippen molar-refractivity contribution in [1.82, 2.24) is 10.6 Å². The fraction of sp³-hybridized carbons (Fsp3) is 0.348. The average Bonchev–Trinajstić information content (AvgIpc) is 2.69. The lowest BCUT2D eigenvalue weighted by molar-refractivity contribution is -0.141. The molecule has 29 heavy (non-hydrogen) atoms. The molecule has 0 aliphatic carbocycles. The number of amides is 2. The van der Waals surface area contributed by atoms with Crippen molar-refractivity contribution in [2.75, 3.05) is 13.1 Å². The molecule has 2 amide bonds. The molecule has 0 fully saturated rings. The molecule has 6 nitrogen and oxygen atoms in total. The van der Waals surface area contributed by atoms with E-state index in [-0.39, 0.29) is 19.0 Å². The smallest absolute Gasteiger partial charge is 0.308 e. The number of carboxylic acid groups (broad SMARTS) is 1. The lowest BCUT2D eigenvalue weighted by Gasteiger charge is -2.14. The number of carbonyl (C=O) groups excluding carboxylic acids is 2. The number of nitrogens with one attached hydrogen (secondary N) is 2. The first-order chi connectivity index (χ1) is 13.8. The molecule has 1 atom stereocenters. The third kappa shape index (κ3) is 8.17. The maximum atomic E-state index is 12.0. The number of hydrogen-bond donors (Lipinski definition) is 3. The highest BCUT2D eigenvalue weighted by Crippen LogP contribution is 2.11. The minimum absolute atomic E-state index is 0.0152. The Morgan fingerprint density at radius 3 is 2.28 bits per heavy atom. The molecule has 2 aromatic rings. The predicted molar refractivity (Wildman–Crippen MR) is 112 cm³/mol. The molecule has 0 aliphatic heterocycles. The quantitative estimate of drug-likeness (QED) is 0.575. The molecule has 2 aromatic carbocycles. The third-order valence-electron chi connectivity index (χ3n) is 4.67.